The van der Waals surface area contributed by atoms with E-state index in [1.165, 1.54) is 13.0 Å². The van der Waals surface area contributed by atoms with E-state index in [1.807, 2.05) is 12.1 Å². The number of rotatable bonds is 12. The van der Waals surface area contributed by atoms with Crippen LogP contribution in [0, 0.1) is 0 Å². The molecule has 25 heavy (non-hydrogen) atoms. The third-order valence-corrected chi connectivity index (χ3v) is 4.13. The molecule has 146 valence electrons. The summed E-state index contributed by atoms with van der Waals surface area (Å²) < 4.78 is 5.37. The lowest BCUT2D eigenvalue weighted by Crippen LogP contribution is -2.43. The molecule has 0 aliphatic heterocycles. The Hall–Kier alpha value is -0.760. The van der Waals surface area contributed by atoms with Gasteiger partial charge in [0, 0.05) is 25.6 Å². The largest absolute Gasteiger partial charge is 0.469 e. The summed E-state index contributed by atoms with van der Waals surface area (Å²) in [4.78, 5) is 7.10. The van der Waals surface area contributed by atoms with Crippen molar-refractivity contribution in [2.24, 2.45) is 4.99 Å². The van der Waals surface area contributed by atoms with Gasteiger partial charge in [0.1, 0.15) is 5.76 Å². The van der Waals surface area contributed by atoms with E-state index in [4.69, 9.17) is 4.42 Å². The van der Waals surface area contributed by atoms with E-state index in [2.05, 4.69) is 48.2 Å². The Kier molecular flexibility index (Phi) is 15.0. The highest BCUT2D eigenvalue weighted by Crippen LogP contribution is 2.01. The van der Waals surface area contributed by atoms with Crippen molar-refractivity contribution in [1.29, 1.82) is 0 Å². The summed E-state index contributed by atoms with van der Waals surface area (Å²) in [5.74, 6) is 1.92. The number of nitrogens with zero attached hydrogens (tertiary/aromatic N) is 2. The average Bonchev–Trinajstić information content (AvgIpc) is 3.10. The standard InChI is InChI=1S/C19H36N4O.HI/c1-5-13-20-19(21-14-12-18-11-9-16-24-18)22-17(4)10-8-15-23(6-2)7-3;/h9,11,16-17H,5-8,10,12-15H2,1-4H3,(H2,20,21,22);1H. The molecule has 1 unspecified atom stereocenters. The lowest BCUT2D eigenvalue weighted by Gasteiger charge is -2.21. The van der Waals surface area contributed by atoms with Gasteiger partial charge >= 0.3 is 0 Å². The smallest absolute Gasteiger partial charge is 0.191 e. The first-order valence-electron chi connectivity index (χ1n) is 9.49. The van der Waals surface area contributed by atoms with Crippen molar-refractivity contribution < 1.29 is 4.42 Å². The van der Waals surface area contributed by atoms with Gasteiger partial charge < -0.3 is 20.0 Å². The maximum Gasteiger partial charge on any atom is 0.191 e. The maximum atomic E-state index is 5.37. The lowest BCUT2D eigenvalue weighted by molar-refractivity contribution is 0.292. The topological polar surface area (TPSA) is 52.8 Å². The first-order chi connectivity index (χ1) is 11.7. The molecule has 2 N–H and O–H groups in total. The number of guanidine groups is 1. The number of hydrogen-bond donors (Lipinski definition) is 2. The van der Waals surface area contributed by atoms with Gasteiger partial charge in [0.2, 0.25) is 0 Å². The Labute approximate surface area is 171 Å². The fourth-order valence-electron chi connectivity index (χ4n) is 2.60. The highest BCUT2D eigenvalue weighted by atomic mass is 127. The van der Waals surface area contributed by atoms with Crippen LogP contribution >= 0.6 is 24.0 Å². The molecule has 0 fully saturated rings. The Morgan fingerprint density at radius 3 is 2.64 bits per heavy atom. The zero-order valence-corrected chi connectivity index (χ0v) is 18.7. The number of nitrogens with one attached hydrogen (secondary N) is 2. The van der Waals surface area contributed by atoms with Crippen molar-refractivity contribution in [3.8, 4) is 0 Å². The van der Waals surface area contributed by atoms with Crippen molar-refractivity contribution in [3.63, 3.8) is 0 Å². The van der Waals surface area contributed by atoms with Crippen LogP contribution in [0.25, 0.3) is 0 Å². The minimum absolute atomic E-state index is 0. The normalized spacial score (nSPS) is 12.8. The van der Waals surface area contributed by atoms with E-state index in [9.17, 15) is 0 Å². The van der Waals surface area contributed by atoms with Gasteiger partial charge in [0.05, 0.1) is 6.26 Å². The van der Waals surface area contributed by atoms with Gasteiger partial charge in [-0.2, -0.15) is 0 Å². The maximum absolute atomic E-state index is 5.37. The molecule has 5 nitrogen and oxygen atoms in total. The molecule has 1 heterocycles. The van der Waals surface area contributed by atoms with Gasteiger partial charge in [-0.05, 0) is 58.0 Å². The Bertz CT molecular complexity index is 433. The van der Waals surface area contributed by atoms with Crippen LogP contribution < -0.4 is 10.6 Å². The van der Waals surface area contributed by atoms with E-state index < -0.39 is 0 Å². The van der Waals surface area contributed by atoms with Crippen molar-refractivity contribution in [2.75, 3.05) is 32.7 Å². The number of furan rings is 1. The highest BCUT2D eigenvalue weighted by Gasteiger charge is 2.07. The molecule has 0 radical (unpaired) electrons. The lowest BCUT2D eigenvalue weighted by atomic mass is 10.2. The van der Waals surface area contributed by atoms with Crippen LogP contribution in [0.5, 0.6) is 0 Å². The van der Waals surface area contributed by atoms with Gasteiger partial charge in [-0.25, -0.2) is 0 Å². The highest BCUT2D eigenvalue weighted by molar-refractivity contribution is 14.0. The summed E-state index contributed by atoms with van der Waals surface area (Å²) in [6, 6.07) is 4.36. The summed E-state index contributed by atoms with van der Waals surface area (Å²) in [5.41, 5.74) is 0. The summed E-state index contributed by atoms with van der Waals surface area (Å²) >= 11 is 0. The Morgan fingerprint density at radius 2 is 2.04 bits per heavy atom. The molecular formula is C19H37IN4O. The second kappa shape index (κ2) is 15.5. The van der Waals surface area contributed by atoms with Crippen LogP contribution in [0.3, 0.4) is 0 Å². The number of halogens is 1. The monoisotopic (exact) mass is 464 g/mol. The molecule has 1 aromatic heterocycles. The quantitative estimate of drug-likeness (QED) is 0.280. The molecule has 1 aromatic rings. The van der Waals surface area contributed by atoms with Crippen LogP contribution in [0.15, 0.2) is 27.8 Å². The van der Waals surface area contributed by atoms with Crippen LogP contribution in [-0.2, 0) is 6.42 Å². The summed E-state index contributed by atoms with van der Waals surface area (Å²) in [5, 5.41) is 6.95. The molecule has 0 aromatic carbocycles. The molecule has 1 rings (SSSR count). The van der Waals surface area contributed by atoms with E-state index in [0.29, 0.717) is 6.04 Å². The minimum Gasteiger partial charge on any atom is -0.469 e. The SMILES string of the molecule is CCCN=C(NCCc1ccco1)NC(C)CCCN(CC)CC.I. The fraction of sp³-hybridized carbons (Fsp3) is 0.737. The Balaban J connectivity index is 0.00000576. The summed E-state index contributed by atoms with van der Waals surface area (Å²) in [7, 11) is 0. The van der Waals surface area contributed by atoms with Crippen molar-refractivity contribution in [2.45, 2.75) is 59.4 Å². The van der Waals surface area contributed by atoms with E-state index >= 15 is 0 Å². The minimum atomic E-state index is 0. The van der Waals surface area contributed by atoms with Crippen molar-refractivity contribution in [3.05, 3.63) is 24.2 Å². The molecule has 0 amide bonds. The Morgan fingerprint density at radius 1 is 1.28 bits per heavy atom. The van der Waals surface area contributed by atoms with Crippen molar-refractivity contribution >= 4 is 29.9 Å². The fourth-order valence-corrected chi connectivity index (χ4v) is 2.60. The van der Waals surface area contributed by atoms with Crippen LogP contribution in [-0.4, -0.2) is 49.6 Å². The van der Waals surface area contributed by atoms with Gasteiger partial charge in [0.25, 0.3) is 0 Å². The number of hydrogen-bond acceptors (Lipinski definition) is 3. The van der Waals surface area contributed by atoms with Crippen LogP contribution in [0.4, 0.5) is 0 Å². The molecule has 0 saturated carbocycles. The van der Waals surface area contributed by atoms with Gasteiger partial charge in [-0.15, -0.1) is 24.0 Å². The third kappa shape index (κ3) is 11.5. The van der Waals surface area contributed by atoms with Gasteiger partial charge in [-0.1, -0.05) is 20.8 Å². The zero-order chi connectivity index (χ0) is 17.6. The zero-order valence-electron chi connectivity index (χ0n) is 16.4. The molecular weight excluding hydrogens is 427 g/mol. The van der Waals surface area contributed by atoms with E-state index in [0.717, 1.165) is 57.2 Å². The molecule has 0 bridgehead atoms. The van der Waals surface area contributed by atoms with Gasteiger partial charge in [0.15, 0.2) is 5.96 Å². The first-order valence-corrected chi connectivity index (χ1v) is 9.49. The molecule has 0 saturated heterocycles. The van der Waals surface area contributed by atoms with E-state index in [-0.39, 0.29) is 24.0 Å². The van der Waals surface area contributed by atoms with Crippen LogP contribution in [0.2, 0.25) is 0 Å². The second-order valence-electron chi connectivity index (χ2n) is 6.20. The number of aliphatic imine (C=N–C) groups is 1. The van der Waals surface area contributed by atoms with Crippen molar-refractivity contribution in [1.82, 2.24) is 15.5 Å². The first kappa shape index (κ1) is 24.2. The second-order valence-corrected chi connectivity index (χ2v) is 6.20. The third-order valence-electron chi connectivity index (χ3n) is 4.13. The summed E-state index contributed by atoms with van der Waals surface area (Å²) in [6.07, 6.45) is 6.01. The average molecular weight is 464 g/mol. The molecule has 1 atom stereocenters. The molecule has 0 spiro atoms. The van der Waals surface area contributed by atoms with Crippen LogP contribution in [0.1, 0.15) is 52.7 Å². The molecule has 6 heteroatoms. The predicted molar refractivity (Wildman–Crippen MR) is 118 cm³/mol. The van der Waals surface area contributed by atoms with Gasteiger partial charge in [-0.3, -0.25) is 4.99 Å². The molecule has 0 aliphatic rings. The summed E-state index contributed by atoms with van der Waals surface area (Å²) in [6.45, 7) is 14.0. The van der Waals surface area contributed by atoms with E-state index in [1.54, 1.807) is 6.26 Å². The molecule has 0 aliphatic carbocycles. The predicted octanol–water partition coefficient (Wildman–Crippen LogP) is 3.90.